The molecule has 0 amide bonds. The van der Waals surface area contributed by atoms with Gasteiger partial charge >= 0.3 is 0 Å². The lowest BCUT2D eigenvalue weighted by Gasteiger charge is -1.99. The van der Waals surface area contributed by atoms with Crippen molar-refractivity contribution in [2.75, 3.05) is 13.6 Å². The maximum atomic E-state index is 5.81. The van der Waals surface area contributed by atoms with Crippen molar-refractivity contribution in [2.24, 2.45) is 5.92 Å². The quantitative estimate of drug-likeness (QED) is 0.851. The number of furan rings is 1. The summed E-state index contributed by atoms with van der Waals surface area (Å²) in [5, 5.41) is 4.57. The van der Waals surface area contributed by atoms with Gasteiger partial charge < -0.3 is 9.73 Å². The standard InChI is InChI=1S/C14H17NO/c1-9-14(12-7-10(12)8-15-2)11-5-3-4-6-13(11)16-9/h3-6,10,12,15H,7-8H2,1-2H3. The summed E-state index contributed by atoms with van der Waals surface area (Å²) in [5.41, 5.74) is 2.47. The summed E-state index contributed by atoms with van der Waals surface area (Å²) in [6, 6.07) is 8.36. The van der Waals surface area contributed by atoms with E-state index in [1.54, 1.807) is 0 Å². The molecule has 0 saturated heterocycles. The third-order valence-electron chi connectivity index (χ3n) is 3.58. The molecule has 2 unspecified atom stereocenters. The lowest BCUT2D eigenvalue weighted by atomic mass is 10.1. The number of hydrogen-bond donors (Lipinski definition) is 1. The third kappa shape index (κ3) is 1.45. The molecule has 0 bridgehead atoms. The van der Waals surface area contributed by atoms with Gasteiger partial charge in [-0.15, -0.1) is 0 Å². The van der Waals surface area contributed by atoms with Crippen LogP contribution in [-0.4, -0.2) is 13.6 Å². The molecule has 2 nitrogen and oxygen atoms in total. The monoisotopic (exact) mass is 215 g/mol. The molecule has 0 radical (unpaired) electrons. The normalized spacial score (nSPS) is 23.9. The molecule has 1 aromatic carbocycles. The molecular formula is C14H17NO. The SMILES string of the molecule is CNCC1CC1c1c(C)oc2ccccc12. The molecule has 1 saturated carbocycles. The van der Waals surface area contributed by atoms with Gasteiger partial charge in [-0.05, 0) is 44.8 Å². The molecule has 0 aliphatic heterocycles. The average molecular weight is 215 g/mol. The summed E-state index contributed by atoms with van der Waals surface area (Å²) >= 11 is 0. The van der Waals surface area contributed by atoms with Gasteiger partial charge in [0.1, 0.15) is 11.3 Å². The summed E-state index contributed by atoms with van der Waals surface area (Å²) in [6.07, 6.45) is 1.30. The Morgan fingerprint density at radius 2 is 2.19 bits per heavy atom. The van der Waals surface area contributed by atoms with Crippen molar-refractivity contribution in [1.29, 1.82) is 0 Å². The second kappa shape index (κ2) is 3.63. The van der Waals surface area contributed by atoms with Crippen LogP contribution in [0.4, 0.5) is 0 Å². The molecule has 1 aliphatic rings. The maximum Gasteiger partial charge on any atom is 0.134 e. The highest BCUT2D eigenvalue weighted by Gasteiger charge is 2.40. The first-order valence-corrected chi connectivity index (χ1v) is 5.94. The summed E-state index contributed by atoms with van der Waals surface area (Å²) in [5.74, 6) is 2.60. The van der Waals surface area contributed by atoms with E-state index in [4.69, 9.17) is 4.42 Å². The molecule has 3 rings (SSSR count). The predicted octanol–water partition coefficient (Wildman–Crippen LogP) is 3.06. The summed E-state index contributed by atoms with van der Waals surface area (Å²) in [6.45, 7) is 3.20. The molecule has 2 heteroatoms. The first kappa shape index (κ1) is 9.91. The molecular weight excluding hydrogens is 198 g/mol. The number of benzene rings is 1. The minimum atomic E-state index is 0.705. The number of fused-ring (bicyclic) bond motifs is 1. The zero-order chi connectivity index (χ0) is 11.1. The van der Waals surface area contributed by atoms with Crippen LogP contribution >= 0.6 is 0 Å². The lowest BCUT2D eigenvalue weighted by Crippen LogP contribution is -2.10. The molecule has 2 atom stereocenters. The maximum absolute atomic E-state index is 5.81. The Kier molecular flexibility index (Phi) is 2.25. The number of para-hydroxylation sites is 1. The van der Waals surface area contributed by atoms with Crippen molar-refractivity contribution in [2.45, 2.75) is 19.3 Å². The second-order valence-electron chi connectivity index (χ2n) is 4.73. The van der Waals surface area contributed by atoms with Crippen LogP contribution < -0.4 is 5.32 Å². The summed E-state index contributed by atoms with van der Waals surface area (Å²) < 4.78 is 5.81. The van der Waals surface area contributed by atoms with E-state index in [1.165, 1.54) is 17.4 Å². The van der Waals surface area contributed by atoms with Gasteiger partial charge in [-0.2, -0.15) is 0 Å². The Hall–Kier alpha value is -1.28. The third-order valence-corrected chi connectivity index (χ3v) is 3.58. The van der Waals surface area contributed by atoms with Gasteiger partial charge in [0, 0.05) is 10.9 Å². The number of aryl methyl sites for hydroxylation is 1. The minimum absolute atomic E-state index is 0.705. The molecule has 1 aromatic heterocycles. The highest BCUT2D eigenvalue weighted by molar-refractivity contribution is 5.83. The van der Waals surface area contributed by atoms with Crippen LogP contribution in [-0.2, 0) is 0 Å². The summed E-state index contributed by atoms with van der Waals surface area (Å²) in [7, 11) is 2.02. The first-order chi connectivity index (χ1) is 7.81. The number of nitrogens with one attached hydrogen (secondary N) is 1. The van der Waals surface area contributed by atoms with E-state index in [2.05, 4.69) is 30.4 Å². The van der Waals surface area contributed by atoms with E-state index in [0.29, 0.717) is 5.92 Å². The smallest absolute Gasteiger partial charge is 0.134 e. The van der Waals surface area contributed by atoms with Crippen LogP contribution in [0, 0.1) is 12.8 Å². The minimum Gasteiger partial charge on any atom is -0.461 e. The Bertz CT molecular complexity index is 514. The molecule has 1 fully saturated rings. The molecule has 16 heavy (non-hydrogen) atoms. The van der Waals surface area contributed by atoms with Crippen molar-refractivity contribution in [3.8, 4) is 0 Å². The van der Waals surface area contributed by atoms with Gasteiger partial charge in [-0.3, -0.25) is 0 Å². The van der Waals surface area contributed by atoms with Crippen molar-refractivity contribution in [1.82, 2.24) is 5.32 Å². The highest BCUT2D eigenvalue weighted by Crippen LogP contribution is 2.50. The molecule has 1 heterocycles. The Balaban J connectivity index is 2.01. The van der Waals surface area contributed by atoms with Crippen molar-refractivity contribution < 1.29 is 4.42 Å². The van der Waals surface area contributed by atoms with Crippen molar-refractivity contribution in [3.05, 3.63) is 35.6 Å². The van der Waals surface area contributed by atoms with Crippen molar-refractivity contribution >= 4 is 11.0 Å². The van der Waals surface area contributed by atoms with Crippen LogP contribution in [0.3, 0.4) is 0 Å². The van der Waals surface area contributed by atoms with Gasteiger partial charge in [0.25, 0.3) is 0 Å². The van der Waals surface area contributed by atoms with Gasteiger partial charge in [0.05, 0.1) is 0 Å². The average Bonchev–Trinajstić information content (AvgIpc) is 2.92. The zero-order valence-corrected chi connectivity index (χ0v) is 9.79. The van der Waals surface area contributed by atoms with Crippen LogP contribution in [0.15, 0.2) is 28.7 Å². The van der Waals surface area contributed by atoms with Crippen LogP contribution in [0.2, 0.25) is 0 Å². The highest BCUT2D eigenvalue weighted by atomic mass is 16.3. The Labute approximate surface area is 95.6 Å². The van der Waals surface area contributed by atoms with E-state index in [0.717, 1.165) is 23.8 Å². The van der Waals surface area contributed by atoms with Gasteiger partial charge in [0.2, 0.25) is 0 Å². The fourth-order valence-electron chi connectivity index (χ4n) is 2.74. The predicted molar refractivity (Wildman–Crippen MR) is 65.7 cm³/mol. The molecule has 1 N–H and O–H groups in total. The first-order valence-electron chi connectivity index (χ1n) is 5.94. The second-order valence-corrected chi connectivity index (χ2v) is 4.73. The van der Waals surface area contributed by atoms with E-state index in [-0.39, 0.29) is 0 Å². The lowest BCUT2D eigenvalue weighted by molar-refractivity contribution is 0.570. The van der Waals surface area contributed by atoms with Gasteiger partial charge in [0.15, 0.2) is 0 Å². The van der Waals surface area contributed by atoms with Crippen molar-refractivity contribution in [3.63, 3.8) is 0 Å². The topological polar surface area (TPSA) is 25.2 Å². The largest absolute Gasteiger partial charge is 0.461 e. The van der Waals surface area contributed by atoms with Crippen LogP contribution in [0.25, 0.3) is 11.0 Å². The molecule has 2 aromatic rings. The zero-order valence-electron chi connectivity index (χ0n) is 9.79. The van der Waals surface area contributed by atoms with E-state index in [9.17, 15) is 0 Å². The van der Waals surface area contributed by atoms with E-state index < -0.39 is 0 Å². The van der Waals surface area contributed by atoms with E-state index >= 15 is 0 Å². The fourth-order valence-corrected chi connectivity index (χ4v) is 2.74. The number of hydrogen-bond acceptors (Lipinski definition) is 2. The number of rotatable bonds is 3. The molecule has 1 aliphatic carbocycles. The van der Waals surface area contributed by atoms with Crippen LogP contribution in [0.1, 0.15) is 23.7 Å². The van der Waals surface area contributed by atoms with Gasteiger partial charge in [-0.25, -0.2) is 0 Å². The summed E-state index contributed by atoms with van der Waals surface area (Å²) in [4.78, 5) is 0. The Morgan fingerprint density at radius 1 is 1.38 bits per heavy atom. The van der Waals surface area contributed by atoms with Gasteiger partial charge in [-0.1, -0.05) is 18.2 Å². The van der Waals surface area contributed by atoms with Crippen LogP contribution in [0.5, 0.6) is 0 Å². The molecule has 84 valence electrons. The Morgan fingerprint density at radius 3 is 3.00 bits per heavy atom. The van der Waals surface area contributed by atoms with E-state index in [1.807, 2.05) is 13.1 Å². The molecule has 0 spiro atoms. The fraction of sp³-hybridized carbons (Fsp3) is 0.429.